The van der Waals surface area contributed by atoms with Crippen molar-refractivity contribution in [3.63, 3.8) is 0 Å². The van der Waals surface area contributed by atoms with Gasteiger partial charge in [-0.3, -0.25) is 4.98 Å². The summed E-state index contributed by atoms with van der Waals surface area (Å²) in [5, 5.41) is 8.76. The Hall–Kier alpha value is -2.74. The lowest BCUT2D eigenvalue weighted by Gasteiger charge is -2.19. The molecular weight excluding hydrogens is 268 g/mol. The van der Waals surface area contributed by atoms with Crippen LogP contribution in [0.5, 0.6) is 0 Å². The van der Waals surface area contributed by atoms with E-state index in [0.717, 1.165) is 22.4 Å². The second-order valence-electron chi connectivity index (χ2n) is 5.33. The van der Waals surface area contributed by atoms with Crippen molar-refractivity contribution in [2.75, 3.05) is 0 Å². The van der Waals surface area contributed by atoms with Gasteiger partial charge in [0, 0.05) is 6.20 Å². The summed E-state index contributed by atoms with van der Waals surface area (Å²) < 4.78 is 0. The van der Waals surface area contributed by atoms with Gasteiger partial charge >= 0.3 is 0 Å². The van der Waals surface area contributed by atoms with Crippen LogP contribution in [-0.4, -0.2) is 10.7 Å². The van der Waals surface area contributed by atoms with Gasteiger partial charge in [0.05, 0.1) is 17.3 Å². The van der Waals surface area contributed by atoms with Crippen LogP contribution in [0.25, 0.3) is 0 Å². The molecule has 0 aliphatic carbocycles. The van der Waals surface area contributed by atoms with Gasteiger partial charge in [0.15, 0.2) is 0 Å². The molecule has 0 bridgehead atoms. The second kappa shape index (κ2) is 6.35. The van der Waals surface area contributed by atoms with Crippen molar-refractivity contribution in [1.29, 1.82) is 5.41 Å². The van der Waals surface area contributed by atoms with Gasteiger partial charge < -0.3 is 5.41 Å². The SMILES string of the molecule is Cc1ccccc1C(=N)[C@@H](c1ccccc1)c1ccccn1. The summed E-state index contributed by atoms with van der Waals surface area (Å²) in [6.07, 6.45) is 1.79. The average molecular weight is 286 g/mol. The number of nitrogens with one attached hydrogen (secondary N) is 1. The van der Waals surface area contributed by atoms with Gasteiger partial charge in [0.2, 0.25) is 0 Å². The molecule has 2 aromatic carbocycles. The van der Waals surface area contributed by atoms with Gasteiger partial charge in [-0.1, -0.05) is 60.7 Å². The quantitative estimate of drug-likeness (QED) is 0.700. The van der Waals surface area contributed by atoms with Crippen molar-refractivity contribution in [3.05, 3.63) is 101 Å². The number of hydrogen-bond acceptors (Lipinski definition) is 2. The van der Waals surface area contributed by atoms with Crippen LogP contribution in [0.15, 0.2) is 79.0 Å². The molecule has 3 rings (SSSR count). The summed E-state index contributed by atoms with van der Waals surface area (Å²) in [6, 6.07) is 24.1. The van der Waals surface area contributed by atoms with Crippen molar-refractivity contribution in [1.82, 2.24) is 4.98 Å². The van der Waals surface area contributed by atoms with E-state index in [0.29, 0.717) is 5.71 Å². The fourth-order valence-corrected chi connectivity index (χ4v) is 2.71. The highest BCUT2D eigenvalue weighted by Gasteiger charge is 2.22. The number of pyridine rings is 1. The molecule has 2 heteroatoms. The van der Waals surface area contributed by atoms with Gasteiger partial charge in [-0.05, 0) is 35.7 Å². The summed E-state index contributed by atoms with van der Waals surface area (Å²) in [4.78, 5) is 4.49. The van der Waals surface area contributed by atoms with Crippen LogP contribution in [0, 0.1) is 12.3 Å². The number of aromatic nitrogens is 1. The molecule has 1 heterocycles. The van der Waals surface area contributed by atoms with E-state index < -0.39 is 0 Å². The first-order valence-electron chi connectivity index (χ1n) is 7.37. The molecule has 0 fully saturated rings. The van der Waals surface area contributed by atoms with Gasteiger partial charge in [-0.15, -0.1) is 0 Å². The Morgan fingerprint density at radius 3 is 2.23 bits per heavy atom. The molecule has 0 spiro atoms. The van der Waals surface area contributed by atoms with Gasteiger partial charge in [-0.25, -0.2) is 0 Å². The predicted molar refractivity (Wildman–Crippen MR) is 90.5 cm³/mol. The van der Waals surface area contributed by atoms with E-state index in [1.165, 1.54) is 0 Å². The van der Waals surface area contributed by atoms with Crippen LogP contribution in [0.1, 0.15) is 28.3 Å². The second-order valence-corrected chi connectivity index (χ2v) is 5.33. The van der Waals surface area contributed by atoms with Crippen LogP contribution >= 0.6 is 0 Å². The van der Waals surface area contributed by atoms with Crippen molar-refractivity contribution in [3.8, 4) is 0 Å². The highest BCUT2D eigenvalue weighted by molar-refractivity contribution is 6.05. The molecule has 0 aliphatic heterocycles. The largest absolute Gasteiger partial charge is 0.304 e. The fraction of sp³-hybridized carbons (Fsp3) is 0.100. The van der Waals surface area contributed by atoms with Crippen molar-refractivity contribution in [2.24, 2.45) is 0 Å². The zero-order valence-corrected chi connectivity index (χ0v) is 12.5. The lowest BCUT2D eigenvalue weighted by molar-refractivity contribution is 0.984. The van der Waals surface area contributed by atoms with Crippen LogP contribution in [0.2, 0.25) is 0 Å². The Morgan fingerprint density at radius 1 is 0.864 bits per heavy atom. The van der Waals surface area contributed by atoms with Crippen molar-refractivity contribution < 1.29 is 0 Å². The standard InChI is InChI=1S/C20H18N2/c1-15-9-5-6-12-17(15)20(21)19(16-10-3-2-4-11-16)18-13-7-8-14-22-18/h2-14,19,21H,1H3/t19-/m0/s1. The molecule has 1 atom stereocenters. The Kier molecular flexibility index (Phi) is 4.10. The van der Waals surface area contributed by atoms with E-state index >= 15 is 0 Å². The first-order valence-corrected chi connectivity index (χ1v) is 7.37. The molecule has 108 valence electrons. The van der Waals surface area contributed by atoms with E-state index in [1.54, 1.807) is 6.20 Å². The van der Waals surface area contributed by atoms with Gasteiger partial charge in [0.1, 0.15) is 0 Å². The third kappa shape index (κ3) is 2.82. The minimum absolute atomic E-state index is 0.150. The topological polar surface area (TPSA) is 36.7 Å². The van der Waals surface area contributed by atoms with E-state index in [9.17, 15) is 0 Å². The third-order valence-electron chi connectivity index (χ3n) is 3.84. The summed E-state index contributed by atoms with van der Waals surface area (Å²) in [7, 11) is 0. The normalized spacial score (nSPS) is 11.9. The van der Waals surface area contributed by atoms with Crippen molar-refractivity contribution >= 4 is 5.71 Å². The summed E-state index contributed by atoms with van der Waals surface area (Å²) >= 11 is 0. The molecule has 0 unspecified atom stereocenters. The molecule has 1 N–H and O–H groups in total. The summed E-state index contributed by atoms with van der Waals surface area (Å²) in [6.45, 7) is 2.05. The molecule has 0 saturated heterocycles. The maximum absolute atomic E-state index is 8.76. The van der Waals surface area contributed by atoms with Gasteiger partial charge in [0.25, 0.3) is 0 Å². The maximum atomic E-state index is 8.76. The van der Waals surface area contributed by atoms with Crippen LogP contribution < -0.4 is 0 Å². The molecule has 0 amide bonds. The molecule has 2 nitrogen and oxygen atoms in total. The van der Waals surface area contributed by atoms with Crippen LogP contribution in [0.3, 0.4) is 0 Å². The lowest BCUT2D eigenvalue weighted by atomic mass is 9.85. The minimum atomic E-state index is -0.150. The van der Waals surface area contributed by atoms with Crippen LogP contribution in [0.4, 0.5) is 0 Å². The summed E-state index contributed by atoms with van der Waals surface area (Å²) in [5.41, 5.74) is 4.67. The Morgan fingerprint density at radius 2 is 1.55 bits per heavy atom. The van der Waals surface area contributed by atoms with Crippen molar-refractivity contribution in [2.45, 2.75) is 12.8 Å². The zero-order valence-electron chi connectivity index (χ0n) is 12.5. The average Bonchev–Trinajstić information content (AvgIpc) is 2.57. The minimum Gasteiger partial charge on any atom is -0.304 e. The molecule has 1 aromatic heterocycles. The molecule has 0 radical (unpaired) electrons. The maximum Gasteiger partial charge on any atom is 0.0684 e. The molecule has 0 saturated carbocycles. The van der Waals surface area contributed by atoms with E-state index in [1.807, 2.05) is 67.6 Å². The van der Waals surface area contributed by atoms with E-state index in [-0.39, 0.29) is 5.92 Å². The predicted octanol–water partition coefficient (Wildman–Crippen LogP) is 4.59. The first kappa shape index (κ1) is 14.2. The molecule has 3 aromatic rings. The highest BCUT2D eigenvalue weighted by Crippen LogP contribution is 2.28. The number of rotatable bonds is 4. The number of benzene rings is 2. The Bertz CT molecular complexity index is 724. The summed E-state index contributed by atoms with van der Waals surface area (Å²) in [5.74, 6) is -0.150. The number of nitrogens with zero attached hydrogens (tertiary/aromatic N) is 1. The van der Waals surface area contributed by atoms with E-state index in [4.69, 9.17) is 5.41 Å². The van der Waals surface area contributed by atoms with Gasteiger partial charge in [-0.2, -0.15) is 0 Å². The van der Waals surface area contributed by atoms with E-state index in [2.05, 4.69) is 17.1 Å². The molecule has 22 heavy (non-hydrogen) atoms. The van der Waals surface area contributed by atoms with Crippen LogP contribution in [-0.2, 0) is 0 Å². The number of aryl methyl sites for hydroxylation is 1. The third-order valence-corrected chi connectivity index (χ3v) is 3.84. The molecular formula is C20H18N2. The lowest BCUT2D eigenvalue weighted by Crippen LogP contribution is -2.16. The Labute approximate surface area is 131 Å². The molecule has 0 aliphatic rings. The highest BCUT2D eigenvalue weighted by atomic mass is 14.7. The smallest absolute Gasteiger partial charge is 0.0684 e. The zero-order chi connectivity index (χ0) is 15.4. The fourth-order valence-electron chi connectivity index (χ4n) is 2.71. The first-order chi connectivity index (χ1) is 10.8. The number of hydrogen-bond donors (Lipinski definition) is 1. The Balaban J connectivity index is 2.11. The monoisotopic (exact) mass is 286 g/mol.